The third-order valence-electron chi connectivity index (χ3n) is 6.15. The molecular formula is C24H22N4O4S2. The number of carbonyl (C=O) groups is 1. The molecule has 0 saturated heterocycles. The number of hydrogen-bond donors (Lipinski definition) is 2. The molecule has 0 unspecified atom stereocenters. The first-order valence-electron chi connectivity index (χ1n) is 11.2. The van der Waals surface area contributed by atoms with E-state index < -0.39 is 0 Å². The van der Waals surface area contributed by atoms with Gasteiger partial charge in [0.05, 0.1) is 11.1 Å². The third-order valence-corrected chi connectivity index (χ3v) is 8.41. The van der Waals surface area contributed by atoms with Crippen molar-refractivity contribution in [1.29, 1.82) is 0 Å². The van der Waals surface area contributed by atoms with Gasteiger partial charge >= 0.3 is 0 Å². The van der Waals surface area contributed by atoms with E-state index in [9.17, 15) is 9.59 Å². The normalized spacial score (nSPS) is 14.0. The van der Waals surface area contributed by atoms with Gasteiger partial charge in [0.2, 0.25) is 12.7 Å². The van der Waals surface area contributed by atoms with Crippen molar-refractivity contribution in [2.45, 2.75) is 45.4 Å². The highest BCUT2D eigenvalue weighted by molar-refractivity contribution is 7.18. The van der Waals surface area contributed by atoms with Crippen molar-refractivity contribution in [3.63, 3.8) is 0 Å². The maximum Gasteiger partial charge on any atom is 0.259 e. The number of aromatic nitrogens is 3. The van der Waals surface area contributed by atoms with Crippen molar-refractivity contribution in [3.05, 3.63) is 61.0 Å². The Balaban J connectivity index is 1.10. The summed E-state index contributed by atoms with van der Waals surface area (Å²) in [7, 11) is 0. The van der Waals surface area contributed by atoms with E-state index in [1.54, 1.807) is 11.3 Å². The number of rotatable bonds is 6. The van der Waals surface area contributed by atoms with Crippen LogP contribution in [0.15, 0.2) is 23.0 Å². The molecule has 1 aliphatic carbocycles. The zero-order valence-corrected chi connectivity index (χ0v) is 20.2. The van der Waals surface area contributed by atoms with Crippen molar-refractivity contribution < 1.29 is 14.3 Å². The van der Waals surface area contributed by atoms with Gasteiger partial charge in [0, 0.05) is 29.0 Å². The number of aromatic amines is 1. The number of benzene rings is 1. The second-order valence-electron chi connectivity index (χ2n) is 8.49. The van der Waals surface area contributed by atoms with Gasteiger partial charge in [-0.2, -0.15) is 0 Å². The minimum Gasteiger partial charge on any atom is -0.454 e. The molecule has 3 aromatic heterocycles. The van der Waals surface area contributed by atoms with Crippen molar-refractivity contribution in [3.8, 4) is 11.5 Å². The highest BCUT2D eigenvalue weighted by atomic mass is 32.1. The summed E-state index contributed by atoms with van der Waals surface area (Å²) in [5.41, 5.74) is 3.05. The number of ether oxygens (including phenoxy) is 2. The van der Waals surface area contributed by atoms with Gasteiger partial charge in [-0.1, -0.05) is 6.07 Å². The summed E-state index contributed by atoms with van der Waals surface area (Å²) in [4.78, 5) is 40.3. The average Bonchev–Trinajstić information content (AvgIpc) is 3.57. The number of carbonyl (C=O) groups excluding carboxylic acids is 1. The lowest BCUT2D eigenvalue weighted by molar-refractivity contribution is -0.116. The van der Waals surface area contributed by atoms with E-state index in [0.717, 1.165) is 62.7 Å². The van der Waals surface area contributed by atoms with Crippen molar-refractivity contribution in [2.24, 2.45) is 0 Å². The number of thiophene rings is 1. The van der Waals surface area contributed by atoms with Crippen LogP contribution in [-0.4, -0.2) is 27.7 Å². The van der Waals surface area contributed by atoms with Crippen molar-refractivity contribution >= 4 is 43.9 Å². The van der Waals surface area contributed by atoms with Crippen LogP contribution in [0.2, 0.25) is 0 Å². The summed E-state index contributed by atoms with van der Waals surface area (Å²) < 4.78 is 10.8. The molecule has 0 saturated carbocycles. The number of nitrogens with one attached hydrogen (secondary N) is 2. The first-order valence-corrected chi connectivity index (χ1v) is 12.8. The fraction of sp³-hybridized carbons (Fsp3) is 0.333. The Labute approximate surface area is 203 Å². The molecule has 10 heteroatoms. The van der Waals surface area contributed by atoms with Crippen LogP contribution in [0, 0.1) is 6.92 Å². The Morgan fingerprint density at radius 2 is 2.06 bits per heavy atom. The van der Waals surface area contributed by atoms with Crippen LogP contribution < -0.4 is 20.3 Å². The first kappa shape index (κ1) is 21.3. The molecular weight excluding hydrogens is 472 g/mol. The average molecular weight is 495 g/mol. The molecule has 0 fully saturated rings. The second-order valence-corrected chi connectivity index (χ2v) is 10.7. The number of amides is 1. The van der Waals surface area contributed by atoms with Gasteiger partial charge in [0.25, 0.3) is 5.56 Å². The number of aryl methyl sites for hydroxylation is 4. The number of H-pyrrole nitrogens is 1. The highest BCUT2D eigenvalue weighted by Crippen LogP contribution is 2.35. The predicted octanol–water partition coefficient (Wildman–Crippen LogP) is 4.13. The van der Waals surface area contributed by atoms with E-state index in [4.69, 9.17) is 9.47 Å². The van der Waals surface area contributed by atoms with Gasteiger partial charge in [0.1, 0.15) is 10.7 Å². The largest absolute Gasteiger partial charge is 0.454 e. The Kier molecular flexibility index (Phi) is 5.34. The Bertz CT molecular complexity index is 1490. The smallest absolute Gasteiger partial charge is 0.259 e. The third kappa shape index (κ3) is 3.97. The van der Waals surface area contributed by atoms with Crippen LogP contribution in [-0.2, 0) is 30.5 Å². The SMILES string of the molecule is Cc1nc(NC(=O)CCc2nc3sc4c(c3c(=O)[nH]2)CCC4)sc1Cc1ccc2c(c1)OCO2. The van der Waals surface area contributed by atoms with Crippen molar-refractivity contribution in [2.75, 3.05) is 12.1 Å². The molecule has 34 heavy (non-hydrogen) atoms. The maximum absolute atomic E-state index is 12.6. The molecule has 6 rings (SSSR count). The zero-order valence-electron chi connectivity index (χ0n) is 18.5. The fourth-order valence-electron chi connectivity index (χ4n) is 4.46. The summed E-state index contributed by atoms with van der Waals surface area (Å²) in [6.45, 7) is 2.19. The number of thiazole rings is 1. The van der Waals surface area contributed by atoms with E-state index in [2.05, 4.69) is 20.3 Å². The molecule has 1 amide bonds. The van der Waals surface area contributed by atoms with Crippen LogP contribution in [0.3, 0.4) is 0 Å². The standard InChI is InChI=1S/C24H22N4O4S2/c1-12-18(10-13-5-6-15-16(9-13)32-11-31-15)34-24(25-12)28-20(29)8-7-19-26-22(30)21-14-3-2-4-17(14)33-23(21)27-19/h5-6,9H,2-4,7-8,10-11H2,1H3,(H,25,28,29)(H,26,27,30). The Morgan fingerprint density at radius 3 is 2.97 bits per heavy atom. The Morgan fingerprint density at radius 1 is 1.18 bits per heavy atom. The predicted molar refractivity (Wildman–Crippen MR) is 131 cm³/mol. The van der Waals surface area contributed by atoms with E-state index in [-0.39, 0.29) is 24.7 Å². The molecule has 2 N–H and O–H groups in total. The minimum atomic E-state index is -0.153. The van der Waals surface area contributed by atoms with Crippen LogP contribution in [0.5, 0.6) is 11.5 Å². The lowest BCUT2D eigenvalue weighted by Gasteiger charge is -2.03. The van der Waals surface area contributed by atoms with E-state index in [1.807, 2.05) is 25.1 Å². The fourth-order valence-corrected chi connectivity index (χ4v) is 6.75. The number of hydrogen-bond acceptors (Lipinski definition) is 8. The van der Waals surface area contributed by atoms with Gasteiger partial charge in [0.15, 0.2) is 16.6 Å². The van der Waals surface area contributed by atoms with Gasteiger partial charge in [-0.3, -0.25) is 9.59 Å². The summed E-state index contributed by atoms with van der Waals surface area (Å²) in [6, 6.07) is 5.90. The molecule has 1 aromatic carbocycles. The van der Waals surface area contributed by atoms with Gasteiger partial charge in [-0.05, 0) is 49.4 Å². The molecule has 0 atom stereocenters. The summed E-state index contributed by atoms with van der Waals surface area (Å²) in [5.74, 6) is 1.91. The molecule has 0 spiro atoms. The Hall–Kier alpha value is -3.24. The minimum absolute atomic E-state index is 0.0940. The zero-order chi connectivity index (χ0) is 23.2. The summed E-state index contributed by atoms with van der Waals surface area (Å²) in [5, 5.41) is 4.20. The molecule has 0 radical (unpaired) electrons. The molecule has 4 aromatic rings. The van der Waals surface area contributed by atoms with Crippen LogP contribution in [0.4, 0.5) is 5.13 Å². The quantitative estimate of drug-likeness (QED) is 0.418. The second kappa shape index (κ2) is 8.52. The van der Waals surface area contributed by atoms with Gasteiger partial charge in [-0.15, -0.1) is 22.7 Å². The number of nitrogens with zero attached hydrogens (tertiary/aromatic N) is 2. The van der Waals surface area contributed by atoms with Crippen molar-refractivity contribution in [1.82, 2.24) is 15.0 Å². The molecule has 1 aliphatic heterocycles. The summed E-state index contributed by atoms with van der Waals surface area (Å²) >= 11 is 3.08. The van der Waals surface area contributed by atoms with Crippen LogP contribution in [0.1, 0.15) is 45.2 Å². The number of anilines is 1. The lowest BCUT2D eigenvalue weighted by atomic mass is 10.1. The first-order chi connectivity index (χ1) is 16.5. The van der Waals surface area contributed by atoms with Crippen LogP contribution >= 0.6 is 22.7 Å². The van der Waals surface area contributed by atoms with E-state index in [1.165, 1.54) is 16.2 Å². The van der Waals surface area contributed by atoms with E-state index >= 15 is 0 Å². The highest BCUT2D eigenvalue weighted by Gasteiger charge is 2.21. The monoisotopic (exact) mass is 494 g/mol. The lowest BCUT2D eigenvalue weighted by Crippen LogP contribution is -2.16. The van der Waals surface area contributed by atoms with E-state index in [0.29, 0.717) is 23.8 Å². The molecule has 0 bridgehead atoms. The van der Waals surface area contributed by atoms with Gasteiger partial charge in [-0.25, -0.2) is 9.97 Å². The molecule has 174 valence electrons. The molecule has 2 aliphatic rings. The molecule has 8 nitrogen and oxygen atoms in total. The van der Waals surface area contributed by atoms with Crippen LogP contribution in [0.25, 0.3) is 10.2 Å². The number of fused-ring (bicyclic) bond motifs is 4. The van der Waals surface area contributed by atoms with Gasteiger partial charge < -0.3 is 19.8 Å². The molecule has 4 heterocycles. The maximum atomic E-state index is 12.6. The summed E-state index contributed by atoms with van der Waals surface area (Å²) in [6.07, 6.45) is 4.37. The topological polar surface area (TPSA) is 106 Å².